The van der Waals surface area contributed by atoms with Crippen molar-refractivity contribution in [3.63, 3.8) is 0 Å². The zero-order valence-corrected chi connectivity index (χ0v) is 17.4. The van der Waals surface area contributed by atoms with Crippen LogP contribution in [0.25, 0.3) is 0 Å². The summed E-state index contributed by atoms with van der Waals surface area (Å²) in [4.78, 5) is 4.72. The van der Waals surface area contributed by atoms with E-state index in [1.807, 2.05) is 19.1 Å². The van der Waals surface area contributed by atoms with Gasteiger partial charge in [0.25, 0.3) is 0 Å². The first-order chi connectivity index (χ1) is 11.1. The van der Waals surface area contributed by atoms with Gasteiger partial charge in [0, 0.05) is 39.7 Å². The Morgan fingerprint density at radius 1 is 1.38 bits per heavy atom. The van der Waals surface area contributed by atoms with E-state index in [2.05, 4.69) is 24.5 Å². The average molecular weight is 451 g/mol. The molecule has 138 valence electrons. The molecule has 1 aliphatic rings. The molecule has 1 aromatic heterocycles. The lowest BCUT2D eigenvalue weighted by Gasteiger charge is -2.34. The highest BCUT2D eigenvalue weighted by Crippen LogP contribution is 2.24. The van der Waals surface area contributed by atoms with Gasteiger partial charge in [-0.05, 0) is 32.9 Å². The number of hydrogen-bond donors (Lipinski definition) is 2. The molecule has 0 spiro atoms. The molecule has 1 fully saturated rings. The van der Waals surface area contributed by atoms with Crippen LogP contribution >= 0.6 is 24.0 Å². The van der Waals surface area contributed by atoms with Crippen LogP contribution in [0.5, 0.6) is 0 Å². The second-order valence-corrected chi connectivity index (χ2v) is 6.01. The van der Waals surface area contributed by atoms with Crippen molar-refractivity contribution in [1.29, 1.82) is 0 Å². The summed E-state index contributed by atoms with van der Waals surface area (Å²) in [6, 6.07) is 4.01. The fraction of sp³-hybridized carbons (Fsp3) is 0.706. The minimum atomic E-state index is -0.217. The van der Waals surface area contributed by atoms with Crippen LogP contribution in [0.2, 0.25) is 0 Å². The van der Waals surface area contributed by atoms with E-state index in [1.165, 1.54) is 0 Å². The molecular formula is C17H30IN3O3. The monoisotopic (exact) mass is 451 g/mol. The summed E-state index contributed by atoms with van der Waals surface area (Å²) in [7, 11) is 1.76. The normalized spacial score (nSPS) is 18.6. The van der Waals surface area contributed by atoms with Gasteiger partial charge in [0.2, 0.25) is 0 Å². The smallest absolute Gasteiger partial charge is 0.191 e. The molecule has 2 heterocycles. The van der Waals surface area contributed by atoms with Gasteiger partial charge in [-0.2, -0.15) is 0 Å². The number of nitrogens with zero attached hydrogens (tertiary/aromatic N) is 1. The van der Waals surface area contributed by atoms with Gasteiger partial charge in [-0.1, -0.05) is 0 Å². The van der Waals surface area contributed by atoms with Crippen LogP contribution in [0.4, 0.5) is 0 Å². The Kier molecular flexibility index (Phi) is 9.07. The van der Waals surface area contributed by atoms with Crippen molar-refractivity contribution in [1.82, 2.24) is 10.6 Å². The SMILES string of the molecule is CCNC(=NCC1(OC)CCOCC1)NC(C)c1ccc(C)o1.I. The minimum Gasteiger partial charge on any atom is -0.464 e. The highest BCUT2D eigenvalue weighted by atomic mass is 127. The fourth-order valence-electron chi connectivity index (χ4n) is 2.68. The van der Waals surface area contributed by atoms with Crippen molar-refractivity contribution in [2.24, 2.45) is 4.99 Å². The van der Waals surface area contributed by atoms with Crippen LogP contribution in [0.1, 0.15) is 44.3 Å². The van der Waals surface area contributed by atoms with Gasteiger partial charge in [-0.15, -0.1) is 24.0 Å². The molecule has 1 aliphatic heterocycles. The standard InChI is InChI=1S/C17H29N3O3.HI/c1-5-18-16(20-14(3)15-7-6-13(2)23-15)19-12-17(21-4)8-10-22-11-9-17;/h6-7,14H,5,8-12H2,1-4H3,(H2,18,19,20);1H. The lowest BCUT2D eigenvalue weighted by Crippen LogP contribution is -2.44. The van der Waals surface area contributed by atoms with Gasteiger partial charge < -0.3 is 24.5 Å². The highest BCUT2D eigenvalue weighted by molar-refractivity contribution is 14.0. The number of methoxy groups -OCH3 is 1. The molecule has 1 aromatic rings. The predicted molar refractivity (Wildman–Crippen MR) is 106 cm³/mol. The Hall–Kier alpha value is -0.800. The maximum absolute atomic E-state index is 5.74. The first-order valence-corrected chi connectivity index (χ1v) is 8.32. The second-order valence-electron chi connectivity index (χ2n) is 6.01. The van der Waals surface area contributed by atoms with E-state index < -0.39 is 0 Å². The number of guanidine groups is 1. The number of furan rings is 1. The van der Waals surface area contributed by atoms with E-state index in [9.17, 15) is 0 Å². The van der Waals surface area contributed by atoms with E-state index in [-0.39, 0.29) is 35.6 Å². The highest BCUT2D eigenvalue weighted by Gasteiger charge is 2.32. The molecule has 0 aromatic carbocycles. The molecule has 0 radical (unpaired) electrons. The van der Waals surface area contributed by atoms with Crippen LogP contribution in [-0.4, -0.2) is 45.0 Å². The number of rotatable bonds is 6. The lowest BCUT2D eigenvalue weighted by molar-refractivity contribution is -0.0828. The zero-order chi connectivity index (χ0) is 16.7. The fourth-order valence-corrected chi connectivity index (χ4v) is 2.68. The van der Waals surface area contributed by atoms with E-state index in [4.69, 9.17) is 18.9 Å². The quantitative estimate of drug-likeness (QED) is 0.396. The number of ether oxygens (including phenoxy) is 2. The molecule has 0 aliphatic carbocycles. The van der Waals surface area contributed by atoms with E-state index in [0.717, 1.165) is 50.1 Å². The molecule has 7 heteroatoms. The summed E-state index contributed by atoms with van der Waals surface area (Å²) in [6.07, 6.45) is 1.75. The van der Waals surface area contributed by atoms with Gasteiger partial charge in [0.15, 0.2) is 5.96 Å². The Morgan fingerprint density at radius 3 is 2.62 bits per heavy atom. The predicted octanol–water partition coefficient (Wildman–Crippen LogP) is 3.02. The van der Waals surface area contributed by atoms with Gasteiger partial charge in [0.1, 0.15) is 11.5 Å². The van der Waals surface area contributed by atoms with Gasteiger partial charge >= 0.3 is 0 Å². The van der Waals surface area contributed by atoms with Crippen molar-refractivity contribution < 1.29 is 13.9 Å². The summed E-state index contributed by atoms with van der Waals surface area (Å²) in [5, 5.41) is 6.67. The number of aryl methyl sites for hydroxylation is 1. The minimum absolute atomic E-state index is 0. The number of aliphatic imine (C=N–C) groups is 1. The van der Waals surface area contributed by atoms with Crippen molar-refractivity contribution >= 4 is 29.9 Å². The van der Waals surface area contributed by atoms with Crippen LogP contribution in [-0.2, 0) is 9.47 Å². The molecule has 0 bridgehead atoms. The largest absolute Gasteiger partial charge is 0.464 e. The van der Waals surface area contributed by atoms with E-state index in [0.29, 0.717) is 6.54 Å². The van der Waals surface area contributed by atoms with Crippen LogP contribution in [0.15, 0.2) is 21.5 Å². The molecule has 1 unspecified atom stereocenters. The maximum Gasteiger partial charge on any atom is 0.191 e. The summed E-state index contributed by atoms with van der Waals surface area (Å²) in [6.45, 7) is 8.95. The zero-order valence-electron chi connectivity index (χ0n) is 15.1. The third-order valence-corrected chi connectivity index (χ3v) is 4.25. The molecule has 6 nitrogen and oxygen atoms in total. The Bertz CT molecular complexity index is 513. The molecule has 1 saturated heterocycles. The molecule has 0 saturated carbocycles. The van der Waals surface area contributed by atoms with Crippen molar-refractivity contribution in [2.45, 2.75) is 45.3 Å². The van der Waals surface area contributed by atoms with Crippen molar-refractivity contribution in [3.8, 4) is 0 Å². The number of nitrogens with one attached hydrogen (secondary N) is 2. The summed E-state index contributed by atoms with van der Waals surface area (Å²) >= 11 is 0. The number of halogens is 1. The lowest BCUT2D eigenvalue weighted by atomic mass is 9.94. The molecule has 24 heavy (non-hydrogen) atoms. The summed E-state index contributed by atoms with van der Waals surface area (Å²) < 4.78 is 16.8. The summed E-state index contributed by atoms with van der Waals surface area (Å²) in [5.41, 5.74) is -0.217. The van der Waals surface area contributed by atoms with Gasteiger partial charge in [-0.3, -0.25) is 4.99 Å². The molecular weight excluding hydrogens is 421 g/mol. The number of hydrogen-bond acceptors (Lipinski definition) is 4. The second kappa shape index (κ2) is 10.2. The average Bonchev–Trinajstić information content (AvgIpc) is 3.00. The first-order valence-electron chi connectivity index (χ1n) is 8.32. The third kappa shape index (κ3) is 5.93. The van der Waals surface area contributed by atoms with E-state index >= 15 is 0 Å². The Balaban J connectivity index is 0.00000288. The topological polar surface area (TPSA) is 68.0 Å². The van der Waals surface area contributed by atoms with Crippen molar-refractivity contribution in [2.75, 3.05) is 33.4 Å². The first kappa shape index (κ1) is 21.2. The molecule has 2 N–H and O–H groups in total. The van der Waals surface area contributed by atoms with Crippen LogP contribution in [0, 0.1) is 6.92 Å². The van der Waals surface area contributed by atoms with Gasteiger partial charge in [-0.25, -0.2) is 0 Å². The van der Waals surface area contributed by atoms with Crippen LogP contribution in [0.3, 0.4) is 0 Å². The Morgan fingerprint density at radius 2 is 2.08 bits per heavy atom. The summed E-state index contributed by atoms with van der Waals surface area (Å²) in [5.74, 6) is 2.59. The molecule has 1 atom stereocenters. The van der Waals surface area contributed by atoms with Crippen molar-refractivity contribution in [3.05, 3.63) is 23.7 Å². The molecule has 2 rings (SSSR count). The van der Waals surface area contributed by atoms with Crippen LogP contribution < -0.4 is 10.6 Å². The molecule has 0 amide bonds. The maximum atomic E-state index is 5.74. The van der Waals surface area contributed by atoms with E-state index in [1.54, 1.807) is 7.11 Å². The third-order valence-electron chi connectivity index (χ3n) is 4.25. The Labute approximate surface area is 161 Å². The van der Waals surface area contributed by atoms with Gasteiger partial charge in [0.05, 0.1) is 18.2 Å².